The van der Waals surface area contributed by atoms with Crippen LogP contribution in [-0.4, -0.2) is 24.2 Å². The summed E-state index contributed by atoms with van der Waals surface area (Å²) in [6.45, 7) is 16.8. The average Bonchev–Trinajstić information content (AvgIpc) is 2.98. The molecule has 0 atom stereocenters. The zero-order chi connectivity index (χ0) is 33.9. The molecule has 0 saturated heterocycles. The lowest BCUT2D eigenvalue weighted by Gasteiger charge is -2.27. The molecule has 0 saturated carbocycles. The largest absolute Gasteiger partial charge is 0.455 e. The second-order valence-corrected chi connectivity index (χ2v) is 12.6. The summed E-state index contributed by atoms with van der Waals surface area (Å²) in [5.41, 5.74) is 14.8. The van der Waals surface area contributed by atoms with Crippen molar-refractivity contribution in [3.05, 3.63) is 123 Å². The predicted molar refractivity (Wildman–Crippen MR) is 181 cm³/mol. The van der Waals surface area contributed by atoms with Gasteiger partial charge >= 0.3 is 10.6 Å². The Hall–Kier alpha value is -5.02. The summed E-state index contributed by atoms with van der Waals surface area (Å²) in [5.74, 6) is 0.352. The van der Waals surface area contributed by atoms with E-state index in [9.17, 15) is 9.59 Å². The van der Waals surface area contributed by atoms with Crippen molar-refractivity contribution in [1.29, 1.82) is 0 Å². The topological polar surface area (TPSA) is 133 Å². The van der Waals surface area contributed by atoms with Gasteiger partial charge in [-0.25, -0.2) is 0 Å². The number of anilines is 3. The van der Waals surface area contributed by atoms with Crippen LogP contribution in [0, 0.1) is 20.8 Å². The lowest BCUT2D eigenvalue weighted by Crippen LogP contribution is -2.24. The quantitative estimate of drug-likeness (QED) is 0.129. The molecule has 3 N–H and O–H groups in total. The van der Waals surface area contributed by atoms with Gasteiger partial charge in [0.1, 0.15) is 5.75 Å². The molecule has 0 spiro atoms. The lowest BCUT2D eigenvalue weighted by atomic mass is 9.79. The van der Waals surface area contributed by atoms with E-state index < -0.39 is 10.6 Å². The van der Waals surface area contributed by atoms with Crippen molar-refractivity contribution in [3.63, 3.8) is 0 Å². The molecule has 0 aliphatic heterocycles. The minimum atomic E-state index is -3.11. The van der Waals surface area contributed by atoms with Crippen molar-refractivity contribution in [2.24, 2.45) is 0 Å². The van der Waals surface area contributed by atoms with Gasteiger partial charge in [0.25, 0.3) is 0 Å². The summed E-state index contributed by atoms with van der Waals surface area (Å²) < 4.78 is 31.7. The van der Waals surface area contributed by atoms with Crippen LogP contribution in [0.15, 0.2) is 78.9 Å². The first-order valence-corrected chi connectivity index (χ1v) is 15.9. The summed E-state index contributed by atoms with van der Waals surface area (Å²) in [5, 5.41) is 3.47. The Morgan fingerprint density at radius 1 is 0.870 bits per heavy atom. The monoisotopic (exact) mass is 638 g/mol. The minimum absolute atomic E-state index is 0.0719. The van der Waals surface area contributed by atoms with Crippen molar-refractivity contribution >= 4 is 39.2 Å². The van der Waals surface area contributed by atoms with Gasteiger partial charge in [-0.15, -0.1) is 12.6 Å². The Morgan fingerprint density at radius 2 is 1.39 bits per heavy atom. The van der Waals surface area contributed by atoms with E-state index in [0.29, 0.717) is 28.3 Å². The van der Waals surface area contributed by atoms with Gasteiger partial charge < -0.3 is 15.8 Å². The van der Waals surface area contributed by atoms with Crippen LogP contribution in [0.2, 0.25) is 0 Å². The van der Waals surface area contributed by atoms with Gasteiger partial charge in [0, 0.05) is 22.9 Å². The average molecular weight is 639 g/mol. The second kappa shape index (κ2) is 13.5. The van der Waals surface area contributed by atoms with Gasteiger partial charge in [-0.2, -0.15) is 0 Å². The predicted octanol–water partition coefficient (Wildman–Crippen LogP) is 8.14. The van der Waals surface area contributed by atoms with Gasteiger partial charge in [0.05, 0.1) is 22.5 Å². The molecule has 1 aliphatic rings. The van der Waals surface area contributed by atoms with Crippen LogP contribution >= 0.6 is 0 Å². The number of fused-ring (bicyclic) bond motifs is 2. The smallest absolute Gasteiger partial charge is 0.425 e. The zero-order valence-electron chi connectivity index (χ0n) is 26.9. The number of carbonyl (C=O) groups is 2. The number of benzene rings is 4. The molecule has 0 unspecified atom stereocenters. The number of rotatable bonds is 8. The van der Waals surface area contributed by atoms with E-state index in [2.05, 4.69) is 56.9 Å². The molecular formula is C37H38N2O6S. The van der Waals surface area contributed by atoms with E-state index in [4.69, 9.17) is 23.1 Å². The highest BCUT2D eigenvalue weighted by atomic mass is 32.2. The van der Waals surface area contributed by atoms with Crippen LogP contribution in [0.4, 0.5) is 17.1 Å². The molecular weight excluding hydrogens is 600 g/mol. The van der Waals surface area contributed by atoms with Gasteiger partial charge in [-0.05, 0) is 67.9 Å². The third-order valence-electron chi connectivity index (χ3n) is 8.19. The molecule has 0 radical (unpaired) electrons. The molecule has 0 bridgehead atoms. The maximum absolute atomic E-state index is 13.8. The third kappa shape index (κ3) is 7.10. The fourth-order valence-electron chi connectivity index (χ4n) is 5.94. The van der Waals surface area contributed by atoms with Crippen LogP contribution in [0.25, 0.3) is 0 Å². The van der Waals surface area contributed by atoms with E-state index in [-0.39, 0.29) is 33.8 Å². The summed E-state index contributed by atoms with van der Waals surface area (Å²) >= 11 is 0. The molecule has 1 aliphatic carbocycles. The highest BCUT2D eigenvalue weighted by Crippen LogP contribution is 2.44. The number of allylic oxidation sites excluding steroid dienone is 1. The van der Waals surface area contributed by atoms with Crippen LogP contribution in [0.5, 0.6) is 11.5 Å². The molecule has 5 rings (SSSR count). The summed E-state index contributed by atoms with van der Waals surface area (Å²) in [7, 11) is -3.11. The Labute approximate surface area is 271 Å². The highest BCUT2D eigenvalue weighted by Gasteiger charge is 2.35. The van der Waals surface area contributed by atoms with Crippen molar-refractivity contribution in [2.45, 2.75) is 59.8 Å². The molecule has 0 amide bonds. The number of hydrogen-bond donors (Lipinski definition) is 2. The van der Waals surface area contributed by atoms with E-state index >= 15 is 0 Å². The molecule has 8 nitrogen and oxygen atoms in total. The zero-order valence-corrected chi connectivity index (χ0v) is 27.7. The van der Waals surface area contributed by atoms with E-state index in [1.54, 1.807) is 30.3 Å². The van der Waals surface area contributed by atoms with E-state index in [0.717, 1.165) is 35.2 Å². The third-order valence-corrected chi connectivity index (χ3v) is 8.19. The lowest BCUT2D eigenvalue weighted by molar-refractivity contribution is 0.0980. The summed E-state index contributed by atoms with van der Waals surface area (Å²) in [6, 6.07) is 20.7. The normalized spacial score (nSPS) is 12.0. The molecule has 0 fully saturated rings. The summed E-state index contributed by atoms with van der Waals surface area (Å²) in [4.78, 5) is 27.7. The van der Waals surface area contributed by atoms with Crippen molar-refractivity contribution < 1.29 is 27.0 Å². The number of nitrogen functional groups attached to an aromatic ring is 1. The maximum Gasteiger partial charge on any atom is 0.425 e. The van der Waals surface area contributed by atoms with Crippen molar-refractivity contribution in [1.82, 2.24) is 0 Å². The molecule has 4 aromatic carbocycles. The van der Waals surface area contributed by atoms with Gasteiger partial charge in [0.15, 0.2) is 17.3 Å². The molecule has 0 heterocycles. The number of aryl methyl sites for hydroxylation is 3. The van der Waals surface area contributed by atoms with Gasteiger partial charge in [0.2, 0.25) is 0 Å². The maximum atomic E-state index is 13.8. The van der Waals surface area contributed by atoms with Gasteiger partial charge in [-0.3, -0.25) is 9.59 Å². The van der Waals surface area contributed by atoms with Crippen LogP contribution < -0.4 is 15.8 Å². The first-order valence-electron chi connectivity index (χ1n) is 14.9. The standard InChI is InChI=1S/C37H38N2O3.O3S/c1-8-21(2)20-37(6,7)25-13-15-26(16-14-25)42-30-19-29(39-34-23(4)17-22(3)18-24(34)5)31-32(33(30)38)36(41)28-12-10-9-11-27(28)35(31)40;1-4(2)3/h9-19,39H,2,8,20,38H2,1,3-7H3;. The Balaban J connectivity index is 0.00000113. The number of carbonyl (C=O) groups excluding carboxylic acids is 2. The van der Waals surface area contributed by atoms with Crippen molar-refractivity contribution in [3.8, 4) is 11.5 Å². The summed E-state index contributed by atoms with van der Waals surface area (Å²) in [6.07, 6.45) is 1.85. The Kier molecular flexibility index (Phi) is 9.97. The SMILES string of the molecule is C=C(CC)CC(C)(C)c1ccc(Oc2cc(Nc3c(C)cc(C)cc3C)c3c(c2N)C(=O)c2ccccc2C3=O)cc1.O=S(=O)=O. The molecule has 238 valence electrons. The molecule has 46 heavy (non-hydrogen) atoms. The number of ether oxygens (including phenoxy) is 1. The van der Waals surface area contributed by atoms with Gasteiger partial charge in [-0.1, -0.05) is 87.0 Å². The fourth-order valence-corrected chi connectivity index (χ4v) is 5.94. The Morgan fingerprint density at radius 3 is 1.91 bits per heavy atom. The van der Waals surface area contributed by atoms with E-state index in [1.807, 2.05) is 32.9 Å². The highest BCUT2D eigenvalue weighted by molar-refractivity contribution is 7.59. The first-order chi connectivity index (χ1) is 21.6. The number of ketones is 2. The number of nitrogens with one attached hydrogen (secondary N) is 1. The number of hydrogen-bond acceptors (Lipinski definition) is 8. The number of nitrogens with two attached hydrogens (primary N) is 1. The minimum Gasteiger partial charge on any atom is -0.455 e. The fraction of sp³-hybridized carbons (Fsp3) is 0.243. The molecule has 0 aromatic heterocycles. The van der Waals surface area contributed by atoms with Crippen molar-refractivity contribution in [2.75, 3.05) is 11.1 Å². The van der Waals surface area contributed by atoms with E-state index in [1.165, 1.54) is 11.1 Å². The first kappa shape index (κ1) is 33.9. The second-order valence-electron chi connectivity index (χ2n) is 12.2. The molecule has 4 aromatic rings. The van der Waals surface area contributed by atoms with Crippen LogP contribution in [0.3, 0.4) is 0 Å². The van der Waals surface area contributed by atoms with Crippen LogP contribution in [0.1, 0.15) is 87.7 Å². The Bertz CT molecular complexity index is 1950. The van der Waals surface area contributed by atoms with Crippen LogP contribution in [-0.2, 0) is 16.0 Å². The molecule has 9 heteroatoms.